The molecule has 0 heterocycles. The van der Waals surface area contributed by atoms with Gasteiger partial charge in [-0.3, -0.25) is 4.79 Å². The molecule has 0 aliphatic carbocycles. The summed E-state index contributed by atoms with van der Waals surface area (Å²) in [5.74, 6) is 0.309. The fourth-order valence-electron chi connectivity index (χ4n) is 1.83. The van der Waals surface area contributed by atoms with Gasteiger partial charge in [0.2, 0.25) is 0 Å². The van der Waals surface area contributed by atoms with Crippen molar-refractivity contribution >= 4 is 17.5 Å². The maximum atomic E-state index is 12.0. The molecule has 4 nitrogen and oxygen atoms in total. The van der Waals surface area contributed by atoms with E-state index >= 15 is 0 Å². The molecule has 5 heteroatoms. The van der Waals surface area contributed by atoms with Gasteiger partial charge in [-0.15, -0.1) is 0 Å². The third kappa shape index (κ3) is 4.24. The number of nitrogens with one attached hydrogen (secondary N) is 1. The second-order valence-electron chi connectivity index (χ2n) is 4.71. The molecule has 0 radical (unpaired) electrons. The molecular formula is C17H15ClN2O2. The standard InChI is InChI=1S/C17H15ClN2O2/c1-12(22-15-8-6-13(10-19)7-9-15)17(21)20-11-14-4-2-3-5-16(14)18/h2-9,12H,11H2,1H3,(H,20,21). The molecule has 0 saturated heterocycles. The summed E-state index contributed by atoms with van der Waals surface area (Å²) in [5.41, 5.74) is 1.39. The first-order valence-electron chi connectivity index (χ1n) is 6.78. The van der Waals surface area contributed by atoms with Crippen molar-refractivity contribution in [2.45, 2.75) is 19.6 Å². The minimum absolute atomic E-state index is 0.232. The summed E-state index contributed by atoms with van der Waals surface area (Å²) in [6.45, 7) is 2.01. The Bertz CT molecular complexity index is 693. The number of benzene rings is 2. The van der Waals surface area contributed by atoms with Crippen LogP contribution in [0.4, 0.5) is 0 Å². The van der Waals surface area contributed by atoms with Crippen LogP contribution in [0.5, 0.6) is 5.75 Å². The van der Waals surface area contributed by atoms with Gasteiger partial charge in [0.15, 0.2) is 6.10 Å². The van der Waals surface area contributed by atoms with E-state index in [9.17, 15) is 4.79 Å². The van der Waals surface area contributed by atoms with Gasteiger partial charge in [0, 0.05) is 11.6 Å². The predicted octanol–water partition coefficient (Wildman–Crippen LogP) is 3.30. The van der Waals surface area contributed by atoms with Crippen molar-refractivity contribution in [3.63, 3.8) is 0 Å². The Kier molecular flexibility index (Phi) is 5.40. The highest BCUT2D eigenvalue weighted by Gasteiger charge is 2.14. The summed E-state index contributed by atoms with van der Waals surface area (Å²) >= 11 is 6.04. The van der Waals surface area contributed by atoms with E-state index < -0.39 is 6.10 Å². The molecule has 0 aromatic heterocycles. The number of nitrogens with zero attached hydrogens (tertiary/aromatic N) is 1. The van der Waals surface area contributed by atoms with E-state index in [0.717, 1.165) is 5.56 Å². The average molecular weight is 315 g/mol. The number of nitriles is 1. The molecular weight excluding hydrogens is 300 g/mol. The van der Waals surface area contributed by atoms with Gasteiger partial charge in [0.25, 0.3) is 5.91 Å². The number of halogens is 1. The van der Waals surface area contributed by atoms with Crippen molar-refractivity contribution in [1.29, 1.82) is 5.26 Å². The highest BCUT2D eigenvalue weighted by molar-refractivity contribution is 6.31. The summed E-state index contributed by atoms with van der Waals surface area (Å²) in [6.07, 6.45) is -0.643. The zero-order chi connectivity index (χ0) is 15.9. The molecule has 1 N–H and O–H groups in total. The van der Waals surface area contributed by atoms with E-state index in [1.54, 1.807) is 37.3 Å². The van der Waals surface area contributed by atoms with Crippen LogP contribution >= 0.6 is 11.6 Å². The van der Waals surface area contributed by atoms with Crippen molar-refractivity contribution in [2.24, 2.45) is 0 Å². The van der Waals surface area contributed by atoms with Crippen LogP contribution in [0.15, 0.2) is 48.5 Å². The lowest BCUT2D eigenvalue weighted by atomic mass is 10.2. The molecule has 2 aromatic rings. The maximum absolute atomic E-state index is 12.0. The normalized spacial score (nSPS) is 11.3. The molecule has 112 valence electrons. The maximum Gasteiger partial charge on any atom is 0.261 e. The topological polar surface area (TPSA) is 62.1 Å². The highest BCUT2D eigenvalue weighted by atomic mass is 35.5. The molecule has 1 atom stereocenters. The zero-order valence-electron chi connectivity index (χ0n) is 12.0. The Morgan fingerprint density at radius 3 is 2.59 bits per heavy atom. The van der Waals surface area contributed by atoms with Crippen LogP contribution in [0, 0.1) is 11.3 Å². The van der Waals surface area contributed by atoms with Crippen molar-refractivity contribution < 1.29 is 9.53 Å². The Labute approximate surface area is 134 Å². The average Bonchev–Trinajstić information content (AvgIpc) is 2.54. The molecule has 2 aromatic carbocycles. The summed E-state index contributed by atoms with van der Waals surface area (Å²) in [7, 11) is 0. The molecule has 0 aliphatic heterocycles. The molecule has 0 bridgehead atoms. The van der Waals surface area contributed by atoms with Gasteiger partial charge in [-0.1, -0.05) is 29.8 Å². The lowest BCUT2D eigenvalue weighted by Crippen LogP contribution is -2.35. The molecule has 0 aliphatic rings. The fourth-order valence-corrected chi connectivity index (χ4v) is 2.04. The predicted molar refractivity (Wildman–Crippen MR) is 84.5 cm³/mol. The summed E-state index contributed by atoms with van der Waals surface area (Å²) in [5, 5.41) is 12.1. The second-order valence-corrected chi connectivity index (χ2v) is 5.11. The monoisotopic (exact) mass is 314 g/mol. The van der Waals surface area contributed by atoms with Gasteiger partial charge in [-0.25, -0.2) is 0 Å². The molecule has 1 unspecified atom stereocenters. The number of rotatable bonds is 5. The SMILES string of the molecule is CC(Oc1ccc(C#N)cc1)C(=O)NCc1ccccc1Cl. The molecule has 1 amide bonds. The molecule has 22 heavy (non-hydrogen) atoms. The quantitative estimate of drug-likeness (QED) is 0.921. The second kappa shape index (κ2) is 7.48. The number of amides is 1. The molecule has 0 fully saturated rings. The third-order valence-corrected chi connectivity index (χ3v) is 3.45. The zero-order valence-corrected chi connectivity index (χ0v) is 12.8. The Balaban J connectivity index is 1.89. The minimum atomic E-state index is -0.643. The first-order valence-corrected chi connectivity index (χ1v) is 7.16. The lowest BCUT2D eigenvalue weighted by Gasteiger charge is -2.15. The number of hydrogen-bond donors (Lipinski definition) is 1. The van der Waals surface area contributed by atoms with Gasteiger partial charge >= 0.3 is 0 Å². The van der Waals surface area contributed by atoms with E-state index in [2.05, 4.69) is 5.32 Å². The minimum Gasteiger partial charge on any atom is -0.481 e. The van der Waals surface area contributed by atoms with Crippen molar-refractivity contribution in [2.75, 3.05) is 0 Å². The Hall–Kier alpha value is -2.51. The van der Waals surface area contributed by atoms with Crippen molar-refractivity contribution in [3.05, 3.63) is 64.7 Å². The smallest absolute Gasteiger partial charge is 0.261 e. The van der Waals surface area contributed by atoms with Crippen LogP contribution in [0.3, 0.4) is 0 Å². The van der Waals surface area contributed by atoms with E-state index in [-0.39, 0.29) is 5.91 Å². The fraction of sp³-hybridized carbons (Fsp3) is 0.176. The van der Waals surface area contributed by atoms with Crippen LogP contribution in [0.2, 0.25) is 5.02 Å². The van der Waals surface area contributed by atoms with Crippen LogP contribution in [0.25, 0.3) is 0 Å². The summed E-state index contributed by atoms with van der Waals surface area (Å²) < 4.78 is 5.54. The van der Waals surface area contributed by atoms with Crippen LogP contribution in [-0.2, 0) is 11.3 Å². The molecule has 0 spiro atoms. The first-order chi connectivity index (χ1) is 10.6. The van der Waals surface area contributed by atoms with Crippen molar-refractivity contribution in [3.8, 4) is 11.8 Å². The van der Waals surface area contributed by atoms with Crippen molar-refractivity contribution in [1.82, 2.24) is 5.32 Å². The van der Waals surface area contributed by atoms with E-state index in [1.807, 2.05) is 24.3 Å². The highest BCUT2D eigenvalue weighted by Crippen LogP contribution is 2.15. The van der Waals surface area contributed by atoms with Gasteiger partial charge in [0.05, 0.1) is 11.6 Å². The first kappa shape index (κ1) is 15.9. The van der Waals surface area contributed by atoms with Crippen LogP contribution in [0.1, 0.15) is 18.1 Å². The Morgan fingerprint density at radius 2 is 1.95 bits per heavy atom. The summed E-state index contributed by atoms with van der Waals surface area (Å²) in [4.78, 5) is 12.0. The van der Waals surface area contributed by atoms with E-state index in [1.165, 1.54) is 0 Å². The number of hydrogen-bond acceptors (Lipinski definition) is 3. The van der Waals surface area contributed by atoms with Gasteiger partial charge in [0.1, 0.15) is 5.75 Å². The van der Waals surface area contributed by atoms with Gasteiger partial charge in [-0.05, 0) is 42.8 Å². The number of ether oxygens (including phenoxy) is 1. The summed E-state index contributed by atoms with van der Waals surface area (Å²) in [6, 6.07) is 16.0. The lowest BCUT2D eigenvalue weighted by molar-refractivity contribution is -0.127. The van der Waals surface area contributed by atoms with Crippen LogP contribution in [-0.4, -0.2) is 12.0 Å². The number of carbonyl (C=O) groups excluding carboxylic acids is 1. The molecule has 0 saturated carbocycles. The van der Waals surface area contributed by atoms with E-state index in [0.29, 0.717) is 22.9 Å². The third-order valence-electron chi connectivity index (χ3n) is 3.08. The van der Waals surface area contributed by atoms with E-state index in [4.69, 9.17) is 21.6 Å². The van der Waals surface area contributed by atoms with Gasteiger partial charge in [-0.2, -0.15) is 5.26 Å². The van der Waals surface area contributed by atoms with Gasteiger partial charge < -0.3 is 10.1 Å². The largest absolute Gasteiger partial charge is 0.481 e. The van der Waals surface area contributed by atoms with Crippen LogP contribution < -0.4 is 10.1 Å². The molecule has 2 rings (SSSR count). The number of carbonyl (C=O) groups is 1. The Morgan fingerprint density at radius 1 is 1.27 bits per heavy atom.